The van der Waals surface area contributed by atoms with Gasteiger partial charge in [0.2, 0.25) is 0 Å². The summed E-state index contributed by atoms with van der Waals surface area (Å²) in [6, 6.07) is 19.8. The number of aromatic nitrogens is 2. The molecule has 1 amide bonds. The first kappa shape index (κ1) is 17.2. The number of amides is 1. The second-order valence-corrected chi connectivity index (χ2v) is 6.50. The van der Waals surface area contributed by atoms with Crippen molar-refractivity contribution in [2.24, 2.45) is 0 Å². The molecular formula is C21H18N4OS. The average molecular weight is 374 g/mol. The minimum absolute atomic E-state index is 0.117. The van der Waals surface area contributed by atoms with E-state index in [0.29, 0.717) is 17.4 Å². The number of carbonyl (C=O) groups excluding carboxylic acids is 1. The van der Waals surface area contributed by atoms with Crippen LogP contribution in [0.1, 0.15) is 12.5 Å². The van der Waals surface area contributed by atoms with E-state index in [-0.39, 0.29) is 5.91 Å². The van der Waals surface area contributed by atoms with E-state index in [1.807, 2.05) is 84.5 Å². The largest absolute Gasteiger partial charge is 0.328 e. The van der Waals surface area contributed by atoms with Crippen LogP contribution < -0.4 is 5.32 Å². The number of hydrogen-bond acceptors (Lipinski definition) is 3. The molecule has 1 saturated heterocycles. The average Bonchev–Trinajstić information content (AvgIpc) is 3.24. The highest BCUT2D eigenvalue weighted by atomic mass is 32.1. The van der Waals surface area contributed by atoms with Crippen LogP contribution in [0.15, 0.2) is 72.6 Å². The summed E-state index contributed by atoms with van der Waals surface area (Å²) in [6.07, 6.45) is 3.75. The fourth-order valence-electron chi connectivity index (χ4n) is 3.04. The summed E-state index contributed by atoms with van der Waals surface area (Å²) >= 11 is 5.25. The Hall–Kier alpha value is -3.25. The summed E-state index contributed by atoms with van der Waals surface area (Å²) < 4.78 is 1.82. The van der Waals surface area contributed by atoms with Crippen molar-refractivity contribution in [3.8, 4) is 16.9 Å². The van der Waals surface area contributed by atoms with Crippen LogP contribution in [0.4, 0.5) is 0 Å². The fraction of sp³-hybridized carbons (Fsp3) is 0.0952. The monoisotopic (exact) mass is 374 g/mol. The zero-order valence-electron chi connectivity index (χ0n) is 14.8. The molecule has 0 aliphatic carbocycles. The molecule has 1 aliphatic rings. The predicted molar refractivity (Wildman–Crippen MR) is 110 cm³/mol. The van der Waals surface area contributed by atoms with E-state index < -0.39 is 0 Å². The Kier molecular flexibility index (Phi) is 4.56. The zero-order chi connectivity index (χ0) is 18.8. The summed E-state index contributed by atoms with van der Waals surface area (Å²) in [5, 5.41) is 8.21. The maximum Gasteiger partial charge on any atom is 0.276 e. The van der Waals surface area contributed by atoms with Gasteiger partial charge in [0.05, 0.1) is 5.69 Å². The number of carbonyl (C=O) groups is 1. The molecule has 27 heavy (non-hydrogen) atoms. The number of hydrogen-bond donors (Lipinski definition) is 1. The van der Waals surface area contributed by atoms with Crippen LogP contribution in [0.25, 0.3) is 23.0 Å². The lowest BCUT2D eigenvalue weighted by Gasteiger charge is -2.08. The van der Waals surface area contributed by atoms with Gasteiger partial charge in [-0.15, -0.1) is 0 Å². The van der Waals surface area contributed by atoms with Crippen molar-refractivity contribution < 1.29 is 4.79 Å². The Morgan fingerprint density at radius 1 is 1.07 bits per heavy atom. The van der Waals surface area contributed by atoms with Gasteiger partial charge in [0.15, 0.2) is 5.11 Å². The molecule has 2 aromatic carbocycles. The Morgan fingerprint density at radius 2 is 1.74 bits per heavy atom. The van der Waals surface area contributed by atoms with Gasteiger partial charge in [-0.25, -0.2) is 4.68 Å². The number of nitrogens with zero attached hydrogens (tertiary/aromatic N) is 3. The van der Waals surface area contributed by atoms with Gasteiger partial charge in [-0.3, -0.25) is 9.69 Å². The Labute approximate surface area is 162 Å². The zero-order valence-corrected chi connectivity index (χ0v) is 15.6. The summed E-state index contributed by atoms with van der Waals surface area (Å²) in [7, 11) is 0. The van der Waals surface area contributed by atoms with Crippen molar-refractivity contribution in [1.29, 1.82) is 0 Å². The molecule has 2 heterocycles. The maximum atomic E-state index is 12.6. The first-order chi connectivity index (χ1) is 13.2. The van der Waals surface area contributed by atoms with E-state index in [1.54, 1.807) is 4.90 Å². The van der Waals surface area contributed by atoms with E-state index in [4.69, 9.17) is 17.3 Å². The summed E-state index contributed by atoms with van der Waals surface area (Å²) in [6.45, 7) is 2.44. The molecule has 0 atom stereocenters. The number of likely N-dealkylation sites (N-methyl/N-ethyl adjacent to an activating group) is 1. The first-order valence-electron chi connectivity index (χ1n) is 8.72. The standard InChI is InChI=1S/C21H18N4OS/c1-2-24-20(26)18(22-21(24)27)13-16-14-25(17-11-7-4-8-12-17)23-19(16)15-9-5-3-6-10-15/h3-14H,2H2,1H3,(H,22,27)/b18-13-. The highest BCUT2D eigenvalue weighted by Gasteiger charge is 2.29. The summed E-state index contributed by atoms with van der Waals surface area (Å²) in [4.78, 5) is 14.1. The molecule has 1 fully saturated rings. The molecule has 4 rings (SSSR count). The van der Waals surface area contributed by atoms with Gasteiger partial charge in [-0.05, 0) is 37.4 Å². The molecule has 1 aliphatic heterocycles. The number of para-hydroxylation sites is 1. The third kappa shape index (κ3) is 3.27. The fourth-order valence-corrected chi connectivity index (χ4v) is 3.36. The van der Waals surface area contributed by atoms with Crippen molar-refractivity contribution in [3.05, 3.63) is 78.1 Å². The van der Waals surface area contributed by atoms with Gasteiger partial charge in [0, 0.05) is 23.9 Å². The molecule has 0 spiro atoms. The van der Waals surface area contributed by atoms with Crippen LogP contribution in [-0.2, 0) is 4.79 Å². The molecule has 0 unspecified atom stereocenters. The molecule has 6 heteroatoms. The van der Waals surface area contributed by atoms with Crippen molar-refractivity contribution in [1.82, 2.24) is 20.0 Å². The highest BCUT2D eigenvalue weighted by Crippen LogP contribution is 2.26. The van der Waals surface area contributed by atoms with Gasteiger partial charge in [-0.1, -0.05) is 48.5 Å². The molecule has 5 nitrogen and oxygen atoms in total. The van der Waals surface area contributed by atoms with Crippen molar-refractivity contribution >= 4 is 29.3 Å². The van der Waals surface area contributed by atoms with Crippen LogP contribution in [0.5, 0.6) is 0 Å². The van der Waals surface area contributed by atoms with Crippen molar-refractivity contribution in [2.75, 3.05) is 6.54 Å². The minimum atomic E-state index is -0.117. The number of rotatable bonds is 4. The van der Waals surface area contributed by atoms with Crippen molar-refractivity contribution in [2.45, 2.75) is 6.92 Å². The summed E-state index contributed by atoms with van der Waals surface area (Å²) in [5.41, 5.74) is 4.06. The van der Waals surface area contributed by atoms with Crippen LogP contribution >= 0.6 is 12.2 Å². The first-order valence-corrected chi connectivity index (χ1v) is 9.13. The lowest BCUT2D eigenvalue weighted by Crippen LogP contribution is -2.30. The molecule has 0 saturated carbocycles. The number of thiocarbonyl (C=S) groups is 1. The van der Waals surface area contributed by atoms with Crippen LogP contribution in [0, 0.1) is 0 Å². The third-order valence-corrected chi connectivity index (χ3v) is 4.71. The Bertz CT molecular complexity index is 1020. The van der Waals surface area contributed by atoms with Gasteiger partial charge in [0.1, 0.15) is 11.4 Å². The molecule has 0 bridgehead atoms. The number of nitrogens with one attached hydrogen (secondary N) is 1. The van der Waals surface area contributed by atoms with Gasteiger partial charge >= 0.3 is 0 Å². The van der Waals surface area contributed by atoms with E-state index in [0.717, 1.165) is 22.5 Å². The third-order valence-electron chi connectivity index (χ3n) is 4.39. The van der Waals surface area contributed by atoms with E-state index in [2.05, 4.69) is 5.32 Å². The van der Waals surface area contributed by atoms with Crippen LogP contribution in [-0.4, -0.2) is 32.2 Å². The summed E-state index contributed by atoms with van der Waals surface area (Å²) in [5.74, 6) is -0.117. The molecule has 0 radical (unpaired) electrons. The maximum absolute atomic E-state index is 12.6. The second-order valence-electron chi connectivity index (χ2n) is 6.12. The van der Waals surface area contributed by atoms with Gasteiger partial charge < -0.3 is 5.32 Å². The topological polar surface area (TPSA) is 50.2 Å². The predicted octanol–water partition coefficient (Wildman–Crippen LogP) is 3.62. The molecule has 1 N–H and O–H groups in total. The molecule has 3 aromatic rings. The minimum Gasteiger partial charge on any atom is -0.328 e. The van der Waals surface area contributed by atoms with Crippen LogP contribution in [0.2, 0.25) is 0 Å². The van der Waals surface area contributed by atoms with Crippen molar-refractivity contribution in [3.63, 3.8) is 0 Å². The molecular weight excluding hydrogens is 356 g/mol. The highest BCUT2D eigenvalue weighted by molar-refractivity contribution is 7.80. The van der Waals surface area contributed by atoms with E-state index in [1.165, 1.54) is 0 Å². The quantitative estimate of drug-likeness (QED) is 0.560. The SMILES string of the molecule is CCN1C(=O)/C(=C/c2cn(-c3ccccc3)nc2-c2ccccc2)NC1=S. The van der Waals surface area contributed by atoms with E-state index >= 15 is 0 Å². The Balaban J connectivity index is 1.82. The normalized spacial score (nSPS) is 15.4. The Morgan fingerprint density at radius 3 is 2.37 bits per heavy atom. The van der Waals surface area contributed by atoms with Crippen LogP contribution in [0.3, 0.4) is 0 Å². The van der Waals surface area contributed by atoms with Gasteiger partial charge in [-0.2, -0.15) is 5.10 Å². The van der Waals surface area contributed by atoms with Gasteiger partial charge in [0.25, 0.3) is 5.91 Å². The van der Waals surface area contributed by atoms with E-state index in [9.17, 15) is 4.79 Å². The molecule has 1 aromatic heterocycles. The lowest BCUT2D eigenvalue weighted by atomic mass is 10.1. The smallest absolute Gasteiger partial charge is 0.276 e. The lowest BCUT2D eigenvalue weighted by molar-refractivity contribution is -0.122. The molecule has 134 valence electrons. The second kappa shape index (κ2) is 7.17. The number of benzene rings is 2.